The molecule has 0 saturated heterocycles. The van der Waals surface area contributed by atoms with Gasteiger partial charge >= 0.3 is 0 Å². The Hall–Kier alpha value is -0.380. The standard InChI is InChI=1S/C26H44O3/c1-25-15-12-24-22(9-7-19-17-21(28)11-14-26(19,24)2)23(25)10-8-18(25)5-4-6-20(27)13-16-29-3/h7,18,20-24,27-28H,4-6,8-17H2,1-3H3/t18?,20?,21?,22-,23?,24?,25?,26?/m0/s1. The van der Waals surface area contributed by atoms with Crippen molar-refractivity contribution in [1.82, 2.24) is 0 Å². The summed E-state index contributed by atoms with van der Waals surface area (Å²) in [7, 11) is 1.71. The van der Waals surface area contributed by atoms with Gasteiger partial charge in [0.15, 0.2) is 0 Å². The van der Waals surface area contributed by atoms with E-state index in [2.05, 4.69) is 19.9 Å². The van der Waals surface area contributed by atoms with Gasteiger partial charge < -0.3 is 14.9 Å². The van der Waals surface area contributed by atoms with Gasteiger partial charge in [0.25, 0.3) is 0 Å². The zero-order chi connectivity index (χ0) is 20.6. The van der Waals surface area contributed by atoms with Crippen molar-refractivity contribution in [3.8, 4) is 0 Å². The molecule has 4 rings (SSSR count). The molecule has 0 heterocycles. The Morgan fingerprint density at radius 1 is 1.10 bits per heavy atom. The summed E-state index contributed by atoms with van der Waals surface area (Å²) in [5.74, 6) is 3.42. The summed E-state index contributed by atoms with van der Waals surface area (Å²) in [5.41, 5.74) is 2.45. The highest BCUT2D eigenvalue weighted by Crippen LogP contribution is 2.66. The third-order valence-electron chi connectivity index (χ3n) is 10.0. The number of fused-ring (bicyclic) bond motifs is 5. The molecule has 0 spiro atoms. The molecule has 0 bridgehead atoms. The molecule has 3 heteroatoms. The summed E-state index contributed by atoms with van der Waals surface area (Å²) in [4.78, 5) is 0. The van der Waals surface area contributed by atoms with Gasteiger partial charge in [-0.05, 0) is 105 Å². The van der Waals surface area contributed by atoms with E-state index in [0.717, 1.165) is 55.8 Å². The molecule has 0 aliphatic heterocycles. The number of hydrogen-bond donors (Lipinski definition) is 2. The van der Waals surface area contributed by atoms with Gasteiger partial charge in [0.2, 0.25) is 0 Å². The van der Waals surface area contributed by atoms with E-state index < -0.39 is 0 Å². The first-order chi connectivity index (χ1) is 13.9. The molecule has 3 saturated carbocycles. The van der Waals surface area contributed by atoms with E-state index >= 15 is 0 Å². The second-order valence-corrected chi connectivity index (χ2v) is 11.3. The van der Waals surface area contributed by atoms with Gasteiger partial charge in [-0.3, -0.25) is 0 Å². The lowest BCUT2D eigenvalue weighted by molar-refractivity contribution is -0.0511. The van der Waals surface area contributed by atoms with Crippen molar-refractivity contribution in [2.75, 3.05) is 13.7 Å². The lowest BCUT2D eigenvalue weighted by atomic mass is 9.47. The highest BCUT2D eigenvalue weighted by molar-refractivity contribution is 5.25. The van der Waals surface area contributed by atoms with E-state index in [9.17, 15) is 10.2 Å². The summed E-state index contributed by atoms with van der Waals surface area (Å²) < 4.78 is 5.10. The summed E-state index contributed by atoms with van der Waals surface area (Å²) in [6, 6.07) is 0. The Kier molecular flexibility index (Phi) is 6.50. The van der Waals surface area contributed by atoms with Gasteiger partial charge in [0, 0.05) is 13.7 Å². The van der Waals surface area contributed by atoms with E-state index in [1.54, 1.807) is 12.7 Å². The van der Waals surface area contributed by atoms with Gasteiger partial charge in [-0.15, -0.1) is 0 Å². The van der Waals surface area contributed by atoms with Gasteiger partial charge in [0.1, 0.15) is 0 Å². The largest absolute Gasteiger partial charge is 0.393 e. The maximum atomic E-state index is 10.2. The van der Waals surface area contributed by atoms with Crippen molar-refractivity contribution in [1.29, 1.82) is 0 Å². The molecule has 0 aromatic carbocycles. The van der Waals surface area contributed by atoms with Crippen molar-refractivity contribution in [2.24, 2.45) is 34.5 Å². The summed E-state index contributed by atoms with van der Waals surface area (Å²) in [6.45, 7) is 5.80. The predicted octanol–water partition coefficient (Wildman–Crippen LogP) is 5.49. The van der Waals surface area contributed by atoms with Gasteiger partial charge in [-0.1, -0.05) is 31.9 Å². The first-order valence-corrected chi connectivity index (χ1v) is 12.4. The second kappa shape index (κ2) is 8.63. The van der Waals surface area contributed by atoms with Crippen molar-refractivity contribution >= 4 is 0 Å². The van der Waals surface area contributed by atoms with E-state index in [4.69, 9.17) is 4.74 Å². The Balaban J connectivity index is 1.40. The van der Waals surface area contributed by atoms with Gasteiger partial charge in [-0.25, -0.2) is 0 Å². The van der Waals surface area contributed by atoms with E-state index in [1.807, 2.05) is 0 Å². The first-order valence-electron chi connectivity index (χ1n) is 12.4. The molecule has 166 valence electrons. The number of hydrogen-bond acceptors (Lipinski definition) is 3. The van der Waals surface area contributed by atoms with Crippen LogP contribution < -0.4 is 0 Å². The molecule has 3 fully saturated rings. The van der Waals surface area contributed by atoms with Crippen molar-refractivity contribution in [3.63, 3.8) is 0 Å². The third-order valence-corrected chi connectivity index (χ3v) is 10.0. The molecular formula is C26H44O3. The van der Waals surface area contributed by atoms with E-state index in [-0.39, 0.29) is 12.2 Å². The molecular weight excluding hydrogens is 360 g/mol. The fourth-order valence-corrected chi connectivity index (χ4v) is 8.22. The molecule has 0 amide bonds. The number of allylic oxidation sites excluding steroid dienone is 1. The highest BCUT2D eigenvalue weighted by Gasteiger charge is 2.58. The lowest BCUT2D eigenvalue weighted by Crippen LogP contribution is -2.50. The summed E-state index contributed by atoms with van der Waals surface area (Å²) in [5, 5.41) is 20.3. The van der Waals surface area contributed by atoms with Crippen LogP contribution >= 0.6 is 0 Å². The topological polar surface area (TPSA) is 49.7 Å². The molecule has 7 unspecified atom stereocenters. The lowest BCUT2D eigenvalue weighted by Gasteiger charge is -2.58. The van der Waals surface area contributed by atoms with Crippen LogP contribution in [0, 0.1) is 34.5 Å². The minimum Gasteiger partial charge on any atom is -0.393 e. The zero-order valence-electron chi connectivity index (χ0n) is 19.0. The summed E-state index contributed by atoms with van der Waals surface area (Å²) in [6.07, 6.45) is 16.3. The average Bonchev–Trinajstić information content (AvgIpc) is 3.03. The van der Waals surface area contributed by atoms with Crippen molar-refractivity contribution in [3.05, 3.63) is 11.6 Å². The Bertz CT molecular complexity index is 601. The molecule has 29 heavy (non-hydrogen) atoms. The van der Waals surface area contributed by atoms with Gasteiger partial charge in [0.05, 0.1) is 12.2 Å². The molecule has 4 aliphatic carbocycles. The van der Waals surface area contributed by atoms with Crippen molar-refractivity contribution < 1.29 is 14.9 Å². The minimum atomic E-state index is -0.195. The number of methoxy groups -OCH3 is 1. The molecule has 0 radical (unpaired) electrons. The Labute approximate surface area is 178 Å². The van der Waals surface area contributed by atoms with Crippen molar-refractivity contribution in [2.45, 2.75) is 103 Å². The SMILES string of the molecule is COCCC(O)CCCC1CCC2[C@@H]3CC=C4CC(O)CCC4(C)C3CCC12C. The second-order valence-electron chi connectivity index (χ2n) is 11.3. The van der Waals surface area contributed by atoms with Crippen LogP contribution in [0.4, 0.5) is 0 Å². The monoisotopic (exact) mass is 404 g/mol. The van der Waals surface area contributed by atoms with Gasteiger partial charge in [-0.2, -0.15) is 0 Å². The molecule has 3 nitrogen and oxygen atoms in total. The third kappa shape index (κ3) is 3.96. The molecule has 8 atom stereocenters. The molecule has 0 aromatic rings. The number of aliphatic hydroxyl groups is 2. The maximum Gasteiger partial charge on any atom is 0.0577 e. The Morgan fingerprint density at radius 2 is 1.93 bits per heavy atom. The molecule has 4 aliphatic rings. The molecule has 2 N–H and O–H groups in total. The smallest absolute Gasteiger partial charge is 0.0577 e. The number of ether oxygens (including phenoxy) is 1. The van der Waals surface area contributed by atoms with Crippen LogP contribution in [0.3, 0.4) is 0 Å². The quantitative estimate of drug-likeness (QED) is 0.551. The van der Waals surface area contributed by atoms with Crippen LogP contribution in [0.15, 0.2) is 11.6 Å². The normalized spacial score (nSPS) is 45.1. The Morgan fingerprint density at radius 3 is 2.72 bits per heavy atom. The van der Waals surface area contributed by atoms with Crippen LogP contribution in [0.2, 0.25) is 0 Å². The molecule has 0 aromatic heterocycles. The predicted molar refractivity (Wildman–Crippen MR) is 118 cm³/mol. The van der Waals surface area contributed by atoms with E-state index in [1.165, 1.54) is 44.9 Å². The fourth-order valence-electron chi connectivity index (χ4n) is 8.22. The average molecular weight is 405 g/mol. The van der Waals surface area contributed by atoms with E-state index in [0.29, 0.717) is 17.4 Å². The van der Waals surface area contributed by atoms with Crippen LogP contribution in [-0.4, -0.2) is 36.1 Å². The fraction of sp³-hybridized carbons (Fsp3) is 0.923. The highest BCUT2D eigenvalue weighted by atomic mass is 16.5. The van der Waals surface area contributed by atoms with Crippen LogP contribution in [0.1, 0.15) is 90.9 Å². The first kappa shape index (κ1) is 21.8. The number of aliphatic hydroxyl groups excluding tert-OH is 2. The zero-order valence-corrected chi connectivity index (χ0v) is 19.0. The van der Waals surface area contributed by atoms with Crippen LogP contribution in [-0.2, 0) is 4.74 Å². The van der Waals surface area contributed by atoms with Crippen LogP contribution in [0.25, 0.3) is 0 Å². The number of rotatable bonds is 7. The minimum absolute atomic E-state index is 0.102. The van der Waals surface area contributed by atoms with Crippen LogP contribution in [0.5, 0.6) is 0 Å². The maximum absolute atomic E-state index is 10.2. The summed E-state index contributed by atoms with van der Waals surface area (Å²) >= 11 is 0.